The van der Waals surface area contributed by atoms with Crippen molar-refractivity contribution >= 4 is 0 Å². The van der Waals surface area contributed by atoms with E-state index in [4.69, 9.17) is 5.73 Å². The van der Waals surface area contributed by atoms with Crippen LogP contribution in [0.1, 0.15) is 30.0 Å². The monoisotopic (exact) mass is 207 g/mol. The maximum absolute atomic E-state index is 10.1. The second kappa shape index (κ2) is 4.77. The van der Waals surface area contributed by atoms with E-state index < -0.39 is 5.60 Å². The maximum Gasteiger partial charge on any atom is 0.0672 e. The predicted molar refractivity (Wildman–Crippen MR) is 63.9 cm³/mol. The lowest BCUT2D eigenvalue weighted by Crippen LogP contribution is -2.30. The van der Waals surface area contributed by atoms with Crippen LogP contribution in [0.4, 0.5) is 0 Å². The average molecular weight is 207 g/mol. The molecule has 0 bridgehead atoms. The molecule has 0 saturated carbocycles. The average Bonchev–Trinajstić information content (AvgIpc) is 2.11. The maximum atomic E-state index is 10.1. The van der Waals surface area contributed by atoms with Crippen LogP contribution in [0.5, 0.6) is 0 Å². The van der Waals surface area contributed by atoms with Crippen LogP contribution in [0.3, 0.4) is 0 Å². The molecule has 0 heterocycles. The Labute approximate surface area is 92.1 Å². The number of hydrogen-bond acceptors (Lipinski definition) is 2. The smallest absolute Gasteiger partial charge is 0.0672 e. The van der Waals surface area contributed by atoms with Gasteiger partial charge in [0, 0.05) is 6.42 Å². The Hall–Kier alpha value is -0.860. The number of hydrogen-bond donors (Lipinski definition) is 2. The minimum atomic E-state index is -0.689. The Morgan fingerprint density at radius 2 is 1.80 bits per heavy atom. The summed E-state index contributed by atoms with van der Waals surface area (Å²) in [4.78, 5) is 0. The van der Waals surface area contributed by atoms with Gasteiger partial charge in [-0.05, 0) is 50.4 Å². The third-order valence-electron chi connectivity index (χ3n) is 2.88. The first-order valence-electron chi connectivity index (χ1n) is 5.44. The fourth-order valence-electron chi connectivity index (χ4n) is 1.91. The molecule has 0 aliphatic rings. The number of rotatable bonds is 4. The van der Waals surface area contributed by atoms with Gasteiger partial charge in [0.05, 0.1) is 5.60 Å². The van der Waals surface area contributed by atoms with Crippen LogP contribution < -0.4 is 5.73 Å². The molecule has 0 spiro atoms. The summed E-state index contributed by atoms with van der Waals surface area (Å²) >= 11 is 0. The van der Waals surface area contributed by atoms with E-state index in [2.05, 4.69) is 26.0 Å². The van der Waals surface area contributed by atoms with Crippen LogP contribution in [-0.4, -0.2) is 17.3 Å². The first-order valence-corrected chi connectivity index (χ1v) is 5.44. The summed E-state index contributed by atoms with van der Waals surface area (Å²) < 4.78 is 0. The molecule has 0 aromatic heterocycles. The molecule has 1 rings (SSSR count). The van der Waals surface area contributed by atoms with Crippen molar-refractivity contribution in [2.24, 2.45) is 5.73 Å². The van der Waals surface area contributed by atoms with Gasteiger partial charge in [0.2, 0.25) is 0 Å². The van der Waals surface area contributed by atoms with Gasteiger partial charge in [-0.2, -0.15) is 0 Å². The van der Waals surface area contributed by atoms with Crippen molar-refractivity contribution in [1.82, 2.24) is 0 Å². The molecule has 15 heavy (non-hydrogen) atoms. The first kappa shape index (κ1) is 12.2. The molecular weight excluding hydrogens is 186 g/mol. The van der Waals surface area contributed by atoms with Crippen molar-refractivity contribution in [3.05, 3.63) is 34.9 Å². The van der Waals surface area contributed by atoms with Crippen molar-refractivity contribution in [2.75, 3.05) is 6.54 Å². The summed E-state index contributed by atoms with van der Waals surface area (Å²) in [5.74, 6) is 0. The summed E-state index contributed by atoms with van der Waals surface area (Å²) in [7, 11) is 0. The summed E-state index contributed by atoms with van der Waals surface area (Å²) in [5, 5.41) is 10.1. The van der Waals surface area contributed by atoms with Crippen LogP contribution in [0.25, 0.3) is 0 Å². The molecule has 84 valence electrons. The van der Waals surface area contributed by atoms with Crippen LogP contribution in [0, 0.1) is 13.8 Å². The molecule has 0 aliphatic heterocycles. The molecule has 0 amide bonds. The van der Waals surface area contributed by atoms with E-state index in [1.165, 1.54) is 16.7 Å². The van der Waals surface area contributed by atoms with E-state index >= 15 is 0 Å². The van der Waals surface area contributed by atoms with E-state index in [0.29, 0.717) is 19.4 Å². The molecule has 1 aromatic carbocycles. The molecular formula is C13H21NO. The molecule has 1 aromatic rings. The van der Waals surface area contributed by atoms with Crippen LogP contribution >= 0.6 is 0 Å². The molecule has 0 fully saturated rings. The molecule has 0 aliphatic carbocycles. The Bertz CT molecular complexity index is 311. The van der Waals surface area contributed by atoms with Crippen molar-refractivity contribution in [3.8, 4) is 0 Å². The Balaban J connectivity index is 2.89. The molecule has 3 N–H and O–H groups in total. The third-order valence-corrected chi connectivity index (χ3v) is 2.88. The lowest BCUT2D eigenvalue weighted by Gasteiger charge is -2.24. The van der Waals surface area contributed by atoms with Gasteiger partial charge in [0.1, 0.15) is 0 Å². The predicted octanol–water partition coefficient (Wildman–Crippen LogP) is 1.95. The molecule has 0 radical (unpaired) electrons. The zero-order valence-corrected chi connectivity index (χ0v) is 9.88. The zero-order chi connectivity index (χ0) is 11.5. The summed E-state index contributed by atoms with van der Waals surface area (Å²) in [6.07, 6.45) is 1.32. The highest BCUT2D eigenvalue weighted by Crippen LogP contribution is 2.21. The number of nitrogens with two attached hydrogens (primary N) is 1. The lowest BCUT2D eigenvalue weighted by atomic mass is 9.89. The van der Waals surface area contributed by atoms with Crippen LogP contribution in [0.15, 0.2) is 18.2 Å². The van der Waals surface area contributed by atoms with E-state index in [1.807, 2.05) is 13.0 Å². The Morgan fingerprint density at radius 1 is 1.27 bits per heavy atom. The Kier molecular flexibility index (Phi) is 3.89. The molecule has 2 nitrogen and oxygen atoms in total. The van der Waals surface area contributed by atoms with Gasteiger partial charge >= 0.3 is 0 Å². The summed E-state index contributed by atoms with van der Waals surface area (Å²) in [5.41, 5.74) is 8.53. The highest BCUT2D eigenvalue weighted by Gasteiger charge is 2.21. The number of benzene rings is 1. The fraction of sp³-hybridized carbons (Fsp3) is 0.538. The quantitative estimate of drug-likeness (QED) is 0.792. The fourth-order valence-corrected chi connectivity index (χ4v) is 1.91. The Morgan fingerprint density at radius 3 is 2.27 bits per heavy atom. The number of aryl methyl sites for hydroxylation is 2. The van der Waals surface area contributed by atoms with Gasteiger partial charge in [-0.15, -0.1) is 0 Å². The summed E-state index contributed by atoms with van der Waals surface area (Å²) in [6, 6.07) is 6.22. The second-order valence-electron chi connectivity index (χ2n) is 4.58. The third kappa shape index (κ3) is 3.33. The largest absolute Gasteiger partial charge is 0.390 e. The van der Waals surface area contributed by atoms with Gasteiger partial charge in [0.25, 0.3) is 0 Å². The first-order chi connectivity index (χ1) is 6.96. The van der Waals surface area contributed by atoms with Crippen molar-refractivity contribution in [3.63, 3.8) is 0 Å². The minimum Gasteiger partial charge on any atom is -0.390 e. The highest BCUT2D eigenvalue weighted by molar-refractivity contribution is 5.34. The SMILES string of the molecule is Cc1cccc(C)c1CC(C)(O)CCN. The van der Waals surface area contributed by atoms with Crippen molar-refractivity contribution in [2.45, 2.75) is 39.2 Å². The van der Waals surface area contributed by atoms with Crippen molar-refractivity contribution in [1.29, 1.82) is 0 Å². The summed E-state index contributed by atoms with van der Waals surface area (Å²) in [6.45, 7) is 6.55. The lowest BCUT2D eigenvalue weighted by molar-refractivity contribution is 0.0536. The van der Waals surface area contributed by atoms with Crippen LogP contribution in [0.2, 0.25) is 0 Å². The van der Waals surface area contributed by atoms with Gasteiger partial charge in [-0.1, -0.05) is 18.2 Å². The normalized spacial score (nSPS) is 15.0. The van der Waals surface area contributed by atoms with E-state index in [1.54, 1.807) is 0 Å². The molecule has 1 unspecified atom stereocenters. The standard InChI is InChI=1S/C13H21NO/c1-10-5-4-6-11(2)12(10)9-13(3,15)7-8-14/h4-6,15H,7-9,14H2,1-3H3. The van der Waals surface area contributed by atoms with Gasteiger partial charge in [-0.25, -0.2) is 0 Å². The van der Waals surface area contributed by atoms with Crippen LogP contribution in [-0.2, 0) is 6.42 Å². The molecule has 0 saturated heterocycles. The van der Waals surface area contributed by atoms with Gasteiger partial charge < -0.3 is 10.8 Å². The highest BCUT2D eigenvalue weighted by atomic mass is 16.3. The van der Waals surface area contributed by atoms with Crippen molar-refractivity contribution < 1.29 is 5.11 Å². The van der Waals surface area contributed by atoms with E-state index in [9.17, 15) is 5.11 Å². The zero-order valence-electron chi connectivity index (χ0n) is 9.88. The van der Waals surface area contributed by atoms with Gasteiger partial charge in [0.15, 0.2) is 0 Å². The minimum absolute atomic E-state index is 0.526. The molecule has 2 heteroatoms. The second-order valence-corrected chi connectivity index (χ2v) is 4.58. The topological polar surface area (TPSA) is 46.2 Å². The number of aliphatic hydroxyl groups is 1. The molecule has 1 atom stereocenters. The van der Waals surface area contributed by atoms with Gasteiger partial charge in [-0.3, -0.25) is 0 Å². The van der Waals surface area contributed by atoms with E-state index in [0.717, 1.165) is 0 Å². The van der Waals surface area contributed by atoms with E-state index in [-0.39, 0.29) is 0 Å².